The molecule has 1 unspecified atom stereocenters. The van der Waals surface area contributed by atoms with Crippen molar-refractivity contribution < 1.29 is 9.59 Å². The van der Waals surface area contributed by atoms with Crippen molar-refractivity contribution in [2.75, 3.05) is 32.7 Å². The molecule has 0 radical (unpaired) electrons. The predicted molar refractivity (Wildman–Crippen MR) is 70.3 cm³/mol. The number of nitrogens with zero attached hydrogens (tertiary/aromatic N) is 2. The molecule has 0 aromatic carbocycles. The fourth-order valence-corrected chi connectivity index (χ4v) is 2.78. The lowest BCUT2D eigenvalue weighted by Gasteiger charge is -2.29. The molecule has 1 amide bonds. The van der Waals surface area contributed by atoms with Crippen LogP contribution in [0.1, 0.15) is 39.0 Å². The number of ketones is 1. The lowest BCUT2D eigenvalue weighted by molar-refractivity contribution is -0.135. The van der Waals surface area contributed by atoms with Crippen LogP contribution >= 0.6 is 0 Å². The van der Waals surface area contributed by atoms with E-state index in [0.717, 1.165) is 19.0 Å². The molecular formula is C14H24N2O2. The molecule has 102 valence electrons. The number of hydrogen-bond acceptors (Lipinski definition) is 3. The molecule has 0 aliphatic carbocycles. The molecule has 4 heteroatoms. The second-order valence-electron chi connectivity index (χ2n) is 5.73. The Bertz CT molecular complexity index is 307. The van der Waals surface area contributed by atoms with E-state index < -0.39 is 0 Å². The number of rotatable bonds is 2. The van der Waals surface area contributed by atoms with Crippen molar-refractivity contribution in [2.24, 2.45) is 5.92 Å². The highest BCUT2D eigenvalue weighted by molar-refractivity contribution is 5.84. The van der Waals surface area contributed by atoms with Crippen LogP contribution in [0.4, 0.5) is 0 Å². The summed E-state index contributed by atoms with van der Waals surface area (Å²) in [5, 5.41) is 0. The van der Waals surface area contributed by atoms with E-state index in [-0.39, 0.29) is 5.91 Å². The standard InChI is InChI=1S/C14H24N2O2/c1-12-3-2-7-15(8-4-12)11-14(18)16-9-5-13(17)6-10-16/h12H,2-11H2,1H3. The predicted octanol–water partition coefficient (Wildman–Crippen LogP) is 1.30. The lowest BCUT2D eigenvalue weighted by atomic mass is 10.0. The number of likely N-dealkylation sites (tertiary alicyclic amines) is 2. The second kappa shape index (κ2) is 6.32. The highest BCUT2D eigenvalue weighted by atomic mass is 16.2. The van der Waals surface area contributed by atoms with Gasteiger partial charge in [-0.25, -0.2) is 0 Å². The van der Waals surface area contributed by atoms with Crippen molar-refractivity contribution in [3.8, 4) is 0 Å². The average molecular weight is 252 g/mol. The molecule has 0 bridgehead atoms. The third kappa shape index (κ3) is 3.80. The SMILES string of the molecule is CC1CCCN(CC(=O)N2CCC(=O)CC2)CC1. The van der Waals surface area contributed by atoms with Crippen LogP contribution in [0, 0.1) is 5.92 Å². The van der Waals surface area contributed by atoms with Gasteiger partial charge in [0.1, 0.15) is 5.78 Å². The van der Waals surface area contributed by atoms with Gasteiger partial charge in [0.2, 0.25) is 5.91 Å². The third-order valence-electron chi connectivity index (χ3n) is 4.14. The molecule has 1 atom stereocenters. The minimum atomic E-state index is 0.206. The van der Waals surface area contributed by atoms with Crippen LogP contribution in [0.3, 0.4) is 0 Å². The normalized spacial score (nSPS) is 27.1. The third-order valence-corrected chi connectivity index (χ3v) is 4.14. The Hall–Kier alpha value is -0.900. The van der Waals surface area contributed by atoms with Crippen LogP contribution in [0.5, 0.6) is 0 Å². The van der Waals surface area contributed by atoms with Crippen molar-refractivity contribution in [2.45, 2.75) is 39.0 Å². The largest absolute Gasteiger partial charge is 0.341 e. The first-order chi connectivity index (χ1) is 8.65. The monoisotopic (exact) mass is 252 g/mol. The Morgan fingerprint density at radius 2 is 1.89 bits per heavy atom. The summed E-state index contributed by atoms with van der Waals surface area (Å²) in [4.78, 5) is 27.4. The maximum Gasteiger partial charge on any atom is 0.236 e. The van der Waals surface area contributed by atoms with E-state index in [0.29, 0.717) is 38.3 Å². The molecule has 0 aromatic rings. The van der Waals surface area contributed by atoms with Gasteiger partial charge in [-0.05, 0) is 38.3 Å². The Balaban J connectivity index is 1.78. The summed E-state index contributed by atoms with van der Waals surface area (Å²) in [5.41, 5.74) is 0. The summed E-state index contributed by atoms with van der Waals surface area (Å²) in [5.74, 6) is 1.29. The molecule has 2 aliphatic heterocycles. The van der Waals surface area contributed by atoms with E-state index in [1.807, 2.05) is 4.90 Å². The molecule has 2 aliphatic rings. The molecule has 2 heterocycles. The Kier molecular flexibility index (Phi) is 4.75. The van der Waals surface area contributed by atoms with E-state index in [4.69, 9.17) is 0 Å². The van der Waals surface area contributed by atoms with E-state index in [1.54, 1.807) is 0 Å². The van der Waals surface area contributed by atoms with Gasteiger partial charge >= 0.3 is 0 Å². The zero-order valence-corrected chi connectivity index (χ0v) is 11.4. The maximum atomic E-state index is 12.1. The van der Waals surface area contributed by atoms with Crippen LogP contribution in [-0.4, -0.2) is 54.2 Å². The summed E-state index contributed by atoms with van der Waals surface area (Å²) in [6, 6.07) is 0. The molecular weight excluding hydrogens is 228 g/mol. The van der Waals surface area contributed by atoms with Crippen LogP contribution < -0.4 is 0 Å². The molecule has 0 aromatic heterocycles. The number of amides is 1. The average Bonchev–Trinajstić information content (AvgIpc) is 2.55. The number of piperidine rings is 1. The highest BCUT2D eigenvalue weighted by Gasteiger charge is 2.23. The van der Waals surface area contributed by atoms with Gasteiger partial charge in [-0.15, -0.1) is 0 Å². The van der Waals surface area contributed by atoms with E-state index >= 15 is 0 Å². The molecule has 2 rings (SSSR count). The molecule has 0 saturated carbocycles. The second-order valence-corrected chi connectivity index (χ2v) is 5.73. The van der Waals surface area contributed by atoms with Crippen molar-refractivity contribution >= 4 is 11.7 Å². The van der Waals surface area contributed by atoms with Gasteiger partial charge in [-0.2, -0.15) is 0 Å². The van der Waals surface area contributed by atoms with Crippen molar-refractivity contribution in [1.82, 2.24) is 9.80 Å². The van der Waals surface area contributed by atoms with Gasteiger partial charge in [0, 0.05) is 25.9 Å². The first-order valence-electron chi connectivity index (χ1n) is 7.17. The van der Waals surface area contributed by atoms with E-state index in [9.17, 15) is 9.59 Å². The van der Waals surface area contributed by atoms with Gasteiger partial charge in [-0.1, -0.05) is 6.92 Å². The molecule has 2 fully saturated rings. The number of hydrogen-bond donors (Lipinski definition) is 0. The Morgan fingerprint density at radius 1 is 1.17 bits per heavy atom. The minimum absolute atomic E-state index is 0.206. The van der Waals surface area contributed by atoms with E-state index in [2.05, 4.69) is 11.8 Å². The maximum absolute atomic E-state index is 12.1. The van der Waals surface area contributed by atoms with Crippen LogP contribution in [0.15, 0.2) is 0 Å². The molecule has 18 heavy (non-hydrogen) atoms. The molecule has 0 N–H and O–H groups in total. The fraction of sp³-hybridized carbons (Fsp3) is 0.857. The minimum Gasteiger partial charge on any atom is -0.341 e. The van der Waals surface area contributed by atoms with Crippen molar-refractivity contribution in [3.05, 3.63) is 0 Å². The van der Waals surface area contributed by atoms with Gasteiger partial charge in [-0.3, -0.25) is 14.5 Å². The van der Waals surface area contributed by atoms with Gasteiger partial charge < -0.3 is 4.90 Å². The molecule has 0 spiro atoms. The smallest absolute Gasteiger partial charge is 0.236 e. The van der Waals surface area contributed by atoms with Crippen LogP contribution in [0.2, 0.25) is 0 Å². The summed E-state index contributed by atoms with van der Waals surface area (Å²) in [7, 11) is 0. The summed E-state index contributed by atoms with van der Waals surface area (Å²) in [6.45, 7) is 6.18. The highest BCUT2D eigenvalue weighted by Crippen LogP contribution is 2.16. The Labute approximate surface area is 109 Å². The number of carbonyl (C=O) groups is 2. The summed E-state index contributed by atoms with van der Waals surface area (Å²) >= 11 is 0. The van der Waals surface area contributed by atoms with Gasteiger partial charge in [0.15, 0.2) is 0 Å². The van der Waals surface area contributed by atoms with Crippen molar-refractivity contribution in [3.63, 3.8) is 0 Å². The van der Waals surface area contributed by atoms with Crippen molar-refractivity contribution in [1.29, 1.82) is 0 Å². The first kappa shape index (κ1) is 13.5. The quantitative estimate of drug-likeness (QED) is 0.744. The number of carbonyl (C=O) groups excluding carboxylic acids is 2. The summed E-state index contributed by atoms with van der Waals surface area (Å²) < 4.78 is 0. The molecule has 4 nitrogen and oxygen atoms in total. The van der Waals surface area contributed by atoms with Crippen LogP contribution in [-0.2, 0) is 9.59 Å². The summed E-state index contributed by atoms with van der Waals surface area (Å²) in [6.07, 6.45) is 4.77. The topological polar surface area (TPSA) is 40.6 Å². The first-order valence-corrected chi connectivity index (χ1v) is 7.17. The number of Topliss-reactive ketones (excluding diaryl/α,β-unsaturated/α-hetero) is 1. The van der Waals surface area contributed by atoms with Gasteiger partial charge in [0.05, 0.1) is 6.54 Å². The fourth-order valence-electron chi connectivity index (χ4n) is 2.78. The van der Waals surface area contributed by atoms with E-state index in [1.165, 1.54) is 19.3 Å². The Morgan fingerprint density at radius 3 is 2.61 bits per heavy atom. The lowest BCUT2D eigenvalue weighted by Crippen LogP contribution is -2.44. The zero-order valence-electron chi connectivity index (χ0n) is 11.4. The van der Waals surface area contributed by atoms with Gasteiger partial charge in [0.25, 0.3) is 0 Å². The molecule has 2 saturated heterocycles. The van der Waals surface area contributed by atoms with Crippen LogP contribution in [0.25, 0.3) is 0 Å². The zero-order chi connectivity index (χ0) is 13.0.